The van der Waals surface area contributed by atoms with Gasteiger partial charge in [0.2, 0.25) is 5.91 Å². The summed E-state index contributed by atoms with van der Waals surface area (Å²) >= 11 is 1.72. The van der Waals surface area contributed by atoms with Crippen LogP contribution in [0.5, 0.6) is 11.5 Å². The number of methoxy groups -OCH3 is 2. The van der Waals surface area contributed by atoms with E-state index in [9.17, 15) is 9.59 Å². The molecule has 2 fully saturated rings. The number of β-lactam (4-membered cyclic amide) rings is 1. The molecule has 1 N–H and O–H groups in total. The number of benzene rings is 1. The van der Waals surface area contributed by atoms with E-state index in [-0.39, 0.29) is 28.0 Å². The molecule has 0 aliphatic carbocycles. The van der Waals surface area contributed by atoms with Gasteiger partial charge in [0.1, 0.15) is 28.5 Å². The average Bonchev–Trinajstić information content (AvgIpc) is 2.78. The number of thioether (sulfide) groups is 1. The fourth-order valence-corrected chi connectivity index (χ4v) is 4.84. The van der Waals surface area contributed by atoms with Gasteiger partial charge < -0.3 is 19.7 Å². The van der Waals surface area contributed by atoms with Crippen LogP contribution in [-0.2, 0) is 4.79 Å². The Hall–Kier alpha value is -1.89. The van der Waals surface area contributed by atoms with Crippen molar-refractivity contribution < 1.29 is 19.1 Å². The maximum absolute atomic E-state index is 12.7. The van der Waals surface area contributed by atoms with Gasteiger partial charge in [-0.1, -0.05) is 6.07 Å². The molecule has 2 aliphatic heterocycles. The van der Waals surface area contributed by atoms with Crippen molar-refractivity contribution in [2.45, 2.75) is 43.0 Å². The van der Waals surface area contributed by atoms with Crippen LogP contribution in [0.4, 0.5) is 0 Å². The van der Waals surface area contributed by atoms with Gasteiger partial charge in [0.25, 0.3) is 5.91 Å². The molecule has 7 heteroatoms. The minimum Gasteiger partial charge on any atom is -0.496 e. The highest BCUT2D eigenvalue weighted by molar-refractivity contribution is 8.01. The smallest absolute Gasteiger partial charge is 0.259 e. The van der Waals surface area contributed by atoms with Crippen molar-refractivity contribution in [1.82, 2.24) is 10.2 Å². The first-order valence-electron chi connectivity index (χ1n) is 7.83. The van der Waals surface area contributed by atoms with Crippen LogP contribution in [0.25, 0.3) is 0 Å². The number of amides is 2. The first-order chi connectivity index (χ1) is 11.3. The summed E-state index contributed by atoms with van der Waals surface area (Å²) in [4.78, 5) is 27.0. The zero-order valence-corrected chi connectivity index (χ0v) is 15.3. The Balaban J connectivity index is 1.81. The van der Waals surface area contributed by atoms with Crippen molar-refractivity contribution in [2.24, 2.45) is 0 Å². The number of nitrogens with one attached hydrogen (secondary N) is 1. The second-order valence-corrected chi connectivity index (χ2v) is 8.29. The zero-order valence-electron chi connectivity index (χ0n) is 14.5. The fraction of sp³-hybridized carbons (Fsp3) is 0.529. The van der Waals surface area contributed by atoms with E-state index in [1.807, 2.05) is 11.8 Å². The third-order valence-electron chi connectivity index (χ3n) is 4.87. The third-order valence-corrected chi connectivity index (χ3v) is 6.56. The molecule has 2 saturated heterocycles. The Morgan fingerprint density at radius 3 is 2.38 bits per heavy atom. The minimum atomic E-state index is -0.513. The molecule has 24 heavy (non-hydrogen) atoms. The van der Waals surface area contributed by atoms with E-state index in [2.05, 4.69) is 19.2 Å². The molecule has 0 spiro atoms. The molecule has 1 aromatic carbocycles. The second kappa shape index (κ2) is 5.88. The predicted molar refractivity (Wildman–Crippen MR) is 92.6 cm³/mol. The first kappa shape index (κ1) is 17.0. The zero-order chi connectivity index (χ0) is 17.6. The lowest BCUT2D eigenvalue weighted by Gasteiger charge is -2.44. The highest BCUT2D eigenvalue weighted by Gasteiger charge is 2.60. The van der Waals surface area contributed by atoms with Gasteiger partial charge in [-0.25, -0.2) is 0 Å². The molecular weight excluding hydrogens is 328 g/mol. The number of fused-ring (bicyclic) bond motifs is 1. The van der Waals surface area contributed by atoms with Gasteiger partial charge in [-0.2, -0.15) is 0 Å². The Morgan fingerprint density at radius 1 is 1.25 bits per heavy atom. The summed E-state index contributed by atoms with van der Waals surface area (Å²) in [5.41, 5.74) is 0.309. The third kappa shape index (κ3) is 2.42. The summed E-state index contributed by atoms with van der Waals surface area (Å²) in [5.74, 6) is 0.444. The van der Waals surface area contributed by atoms with E-state index in [0.29, 0.717) is 17.1 Å². The molecule has 3 unspecified atom stereocenters. The molecule has 0 aromatic heterocycles. The molecule has 0 saturated carbocycles. The first-order valence-corrected chi connectivity index (χ1v) is 8.71. The van der Waals surface area contributed by atoms with E-state index in [1.54, 1.807) is 30.0 Å². The molecule has 2 amide bonds. The molecule has 2 aliphatic rings. The van der Waals surface area contributed by atoms with Crippen LogP contribution in [0, 0.1) is 0 Å². The maximum atomic E-state index is 12.7. The standard InChI is InChI=1S/C17H22N2O4S/c1-9-17(2,3)24-16-13(15(21)19(9)16)18-14(20)12-10(22-4)7-6-8-11(12)23-5/h6-9,13,16H,1-5H3,(H,18,20). The number of ether oxygens (including phenoxy) is 2. The lowest BCUT2D eigenvalue weighted by Crippen LogP contribution is -2.69. The van der Waals surface area contributed by atoms with Gasteiger partial charge in [-0.3, -0.25) is 9.59 Å². The molecule has 3 rings (SSSR count). The number of nitrogens with zero attached hydrogens (tertiary/aromatic N) is 1. The molecule has 0 bridgehead atoms. The van der Waals surface area contributed by atoms with Crippen molar-refractivity contribution in [3.05, 3.63) is 23.8 Å². The van der Waals surface area contributed by atoms with Crippen molar-refractivity contribution >= 4 is 23.6 Å². The summed E-state index contributed by atoms with van der Waals surface area (Å²) in [6.45, 7) is 6.29. The summed E-state index contributed by atoms with van der Waals surface area (Å²) in [6.07, 6.45) is 0. The highest BCUT2D eigenvalue weighted by Crippen LogP contribution is 2.50. The quantitative estimate of drug-likeness (QED) is 0.840. The fourth-order valence-electron chi connectivity index (χ4n) is 3.19. The van der Waals surface area contributed by atoms with Crippen LogP contribution in [0.15, 0.2) is 18.2 Å². The summed E-state index contributed by atoms with van der Waals surface area (Å²) < 4.78 is 10.5. The summed E-state index contributed by atoms with van der Waals surface area (Å²) in [7, 11) is 3.00. The molecule has 3 atom stereocenters. The largest absolute Gasteiger partial charge is 0.496 e. The SMILES string of the molecule is COc1cccc(OC)c1C(=O)NC1C(=O)N2C1SC(C)(C)C2C. The molecule has 6 nitrogen and oxygen atoms in total. The van der Waals surface area contributed by atoms with Crippen LogP contribution in [-0.4, -0.2) is 53.1 Å². The van der Waals surface area contributed by atoms with Crippen LogP contribution < -0.4 is 14.8 Å². The summed E-state index contributed by atoms with van der Waals surface area (Å²) in [6, 6.07) is 4.78. The second-order valence-electron chi connectivity index (χ2n) is 6.52. The van der Waals surface area contributed by atoms with E-state index in [4.69, 9.17) is 9.47 Å². The van der Waals surface area contributed by atoms with Gasteiger partial charge in [0.05, 0.1) is 14.2 Å². The summed E-state index contributed by atoms with van der Waals surface area (Å²) in [5, 5.41) is 2.83. The highest BCUT2D eigenvalue weighted by atomic mass is 32.2. The molecule has 2 heterocycles. The van der Waals surface area contributed by atoms with E-state index in [0.717, 1.165) is 0 Å². The monoisotopic (exact) mass is 350 g/mol. The van der Waals surface area contributed by atoms with Crippen molar-refractivity contribution in [3.8, 4) is 11.5 Å². The topological polar surface area (TPSA) is 67.9 Å². The van der Waals surface area contributed by atoms with Gasteiger partial charge >= 0.3 is 0 Å². The van der Waals surface area contributed by atoms with Gasteiger partial charge in [0.15, 0.2) is 0 Å². The number of rotatable bonds is 4. The van der Waals surface area contributed by atoms with Gasteiger partial charge in [0, 0.05) is 10.8 Å². The van der Waals surface area contributed by atoms with Crippen LogP contribution in [0.3, 0.4) is 0 Å². The van der Waals surface area contributed by atoms with Gasteiger partial charge in [-0.15, -0.1) is 11.8 Å². The van der Waals surface area contributed by atoms with E-state index >= 15 is 0 Å². The Morgan fingerprint density at radius 2 is 1.83 bits per heavy atom. The number of hydrogen-bond acceptors (Lipinski definition) is 5. The molecule has 1 aromatic rings. The van der Waals surface area contributed by atoms with Crippen molar-refractivity contribution in [3.63, 3.8) is 0 Å². The van der Waals surface area contributed by atoms with Crippen molar-refractivity contribution in [1.29, 1.82) is 0 Å². The average molecular weight is 350 g/mol. The van der Waals surface area contributed by atoms with Crippen LogP contribution in [0.1, 0.15) is 31.1 Å². The molecule has 0 radical (unpaired) electrons. The predicted octanol–water partition coefficient (Wildman–Crippen LogP) is 1.88. The lowest BCUT2D eigenvalue weighted by molar-refractivity contribution is -0.147. The van der Waals surface area contributed by atoms with Gasteiger partial charge in [-0.05, 0) is 32.9 Å². The number of carbonyl (C=O) groups is 2. The van der Waals surface area contributed by atoms with Crippen molar-refractivity contribution in [2.75, 3.05) is 14.2 Å². The lowest BCUT2D eigenvalue weighted by atomic mass is 9.97. The Labute approximate surface area is 145 Å². The minimum absolute atomic E-state index is 0.0212. The van der Waals surface area contributed by atoms with Crippen LogP contribution in [0.2, 0.25) is 0 Å². The maximum Gasteiger partial charge on any atom is 0.259 e. The number of hydrogen-bond donors (Lipinski definition) is 1. The normalized spacial score (nSPS) is 27.3. The Kier molecular flexibility index (Phi) is 4.15. The van der Waals surface area contributed by atoms with Crippen LogP contribution >= 0.6 is 11.8 Å². The van der Waals surface area contributed by atoms with E-state index in [1.165, 1.54) is 14.2 Å². The molecular formula is C17H22N2O4S. The molecule has 130 valence electrons. The van der Waals surface area contributed by atoms with E-state index < -0.39 is 6.04 Å². The Bertz CT molecular complexity index is 669. The number of carbonyl (C=O) groups excluding carboxylic acids is 2.